The molecule has 106 valence electrons. The number of likely N-dealkylation sites (tertiary alicyclic amines) is 1. The first-order valence-corrected chi connectivity index (χ1v) is 6.87. The summed E-state index contributed by atoms with van der Waals surface area (Å²) in [5.74, 6) is 0.961. The highest BCUT2D eigenvalue weighted by molar-refractivity contribution is 5.78. The average molecular weight is 273 g/mol. The first-order valence-electron chi connectivity index (χ1n) is 6.87. The molecule has 1 amide bonds. The number of carbonyl (C=O) groups excluding carboxylic acids is 1. The molecule has 1 aromatic heterocycles. The largest absolute Gasteiger partial charge is 0.366 e. The number of hydrogen-bond acceptors (Lipinski definition) is 5. The highest BCUT2D eigenvalue weighted by Crippen LogP contribution is 2.16. The molecule has 0 radical (unpaired) electrons. The fourth-order valence-corrected chi connectivity index (χ4v) is 2.28. The fraction of sp³-hybridized carbons (Fsp3) is 0.571. The molecule has 1 aliphatic rings. The number of aromatic nitrogens is 2. The smallest absolute Gasteiger partial charge is 0.225 e. The Hall–Kier alpha value is -2.16. The van der Waals surface area contributed by atoms with Crippen LogP contribution in [0, 0.1) is 17.2 Å². The van der Waals surface area contributed by atoms with Crippen molar-refractivity contribution in [2.24, 2.45) is 5.92 Å². The lowest BCUT2D eigenvalue weighted by atomic mass is 10.0. The van der Waals surface area contributed by atoms with Gasteiger partial charge >= 0.3 is 0 Å². The highest BCUT2D eigenvalue weighted by atomic mass is 16.2. The van der Waals surface area contributed by atoms with Gasteiger partial charge in [0.05, 0.1) is 12.4 Å². The molecular formula is C14H19N5O. The summed E-state index contributed by atoms with van der Waals surface area (Å²) in [6.07, 6.45) is 4.84. The van der Waals surface area contributed by atoms with Crippen molar-refractivity contribution in [3.8, 4) is 6.07 Å². The number of rotatable bonds is 3. The molecule has 0 aliphatic carbocycles. The maximum Gasteiger partial charge on any atom is 0.225 e. The second kappa shape index (κ2) is 6.33. The monoisotopic (exact) mass is 273 g/mol. The normalized spacial score (nSPS) is 16.0. The molecule has 0 spiro atoms. The van der Waals surface area contributed by atoms with Gasteiger partial charge in [0.1, 0.15) is 11.9 Å². The molecule has 1 aromatic rings. The summed E-state index contributed by atoms with van der Waals surface area (Å²) in [5.41, 5.74) is 0.313. The molecule has 0 aromatic carbocycles. The number of nitriles is 1. The Kier molecular flexibility index (Phi) is 4.51. The van der Waals surface area contributed by atoms with Crippen molar-refractivity contribution >= 4 is 11.7 Å². The lowest BCUT2D eigenvalue weighted by Gasteiger charge is -2.33. The van der Waals surface area contributed by atoms with Crippen LogP contribution in [0.5, 0.6) is 0 Å². The number of nitrogens with one attached hydrogen (secondary N) is 1. The van der Waals surface area contributed by atoms with Crippen molar-refractivity contribution in [1.82, 2.24) is 14.9 Å². The van der Waals surface area contributed by atoms with Crippen molar-refractivity contribution in [1.29, 1.82) is 5.26 Å². The van der Waals surface area contributed by atoms with Gasteiger partial charge in [0.25, 0.3) is 0 Å². The minimum atomic E-state index is 0.0592. The summed E-state index contributed by atoms with van der Waals surface area (Å²) in [6.45, 7) is 5.41. The number of nitrogens with zero attached hydrogens (tertiary/aromatic N) is 4. The first kappa shape index (κ1) is 14.3. The Bertz CT molecular complexity index is 497. The van der Waals surface area contributed by atoms with Crippen molar-refractivity contribution in [2.75, 3.05) is 18.4 Å². The van der Waals surface area contributed by atoms with Gasteiger partial charge in [0.2, 0.25) is 5.91 Å². The Morgan fingerprint density at radius 3 is 2.60 bits per heavy atom. The van der Waals surface area contributed by atoms with Crippen molar-refractivity contribution < 1.29 is 4.79 Å². The van der Waals surface area contributed by atoms with Crippen molar-refractivity contribution in [3.63, 3.8) is 0 Å². The van der Waals surface area contributed by atoms with Gasteiger partial charge in [-0.05, 0) is 12.8 Å². The zero-order chi connectivity index (χ0) is 14.5. The SMILES string of the molecule is CC(C)C(=O)N1CCC(Nc2cnc(C#N)cn2)CC1. The number of anilines is 1. The van der Waals surface area contributed by atoms with E-state index in [4.69, 9.17) is 5.26 Å². The zero-order valence-electron chi connectivity index (χ0n) is 11.8. The molecule has 6 nitrogen and oxygen atoms in total. The number of piperidine rings is 1. The highest BCUT2D eigenvalue weighted by Gasteiger charge is 2.24. The van der Waals surface area contributed by atoms with Crippen LogP contribution < -0.4 is 5.32 Å². The molecule has 6 heteroatoms. The van der Waals surface area contributed by atoms with E-state index in [0.717, 1.165) is 25.9 Å². The van der Waals surface area contributed by atoms with Crippen LogP contribution in [0.3, 0.4) is 0 Å². The Morgan fingerprint density at radius 2 is 2.10 bits per heavy atom. The van der Waals surface area contributed by atoms with Gasteiger partial charge < -0.3 is 10.2 Å². The second-order valence-electron chi connectivity index (χ2n) is 5.30. The van der Waals surface area contributed by atoms with E-state index in [1.165, 1.54) is 6.20 Å². The van der Waals surface area contributed by atoms with Gasteiger partial charge in [-0.15, -0.1) is 0 Å². The lowest BCUT2D eigenvalue weighted by molar-refractivity contribution is -0.135. The van der Waals surface area contributed by atoms with Crippen LogP contribution in [0.25, 0.3) is 0 Å². The van der Waals surface area contributed by atoms with E-state index in [1.807, 2.05) is 24.8 Å². The van der Waals surface area contributed by atoms with Gasteiger partial charge in [-0.1, -0.05) is 13.8 Å². The molecule has 0 bridgehead atoms. The summed E-state index contributed by atoms with van der Waals surface area (Å²) >= 11 is 0. The number of amides is 1. The number of carbonyl (C=O) groups is 1. The second-order valence-corrected chi connectivity index (χ2v) is 5.30. The van der Waals surface area contributed by atoms with E-state index < -0.39 is 0 Å². The van der Waals surface area contributed by atoms with Crippen molar-refractivity contribution in [2.45, 2.75) is 32.7 Å². The summed E-state index contributed by atoms with van der Waals surface area (Å²) in [7, 11) is 0. The third-order valence-electron chi connectivity index (χ3n) is 3.42. The summed E-state index contributed by atoms with van der Waals surface area (Å²) in [6, 6.07) is 2.24. The van der Waals surface area contributed by atoms with Crippen molar-refractivity contribution in [3.05, 3.63) is 18.1 Å². The Labute approximate surface area is 118 Å². The molecule has 1 N–H and O–H groups in total. The quantitative estimate of drug-likeness (QED) is 0.900. The number of hydrogen-bond donors (Lipinski definition) is 1. The summed E-state index contributed by atoms with van der Waals surface area (Å²) < 4.78 is 0. The molecule has 0 unspecified atom stereocenters. The van der Waals surface area contributed by atoms with Crippen LogP contribution in [0.4, 0.5) is 5.82 Å². The van der Waals surface area contributed by atoms with Gasteiger partial charge in [-0.2, -0.15) is 5.26 Å². The summed E-state index contributed by atoms with van der Waals surface area (Å²) in [5, 5.41) is 12.0. The Balaban J connectivity index is 1.85. The predicted octanol–water partition coefficient (Wildman–Crippen LogP) is 1.41. The predicted molar refractivity (Wildman–Crippen MR) is 74.8 cm³/mol. The minimum absolute atomic E-state index is 0.0592. The molecule has 20 heavy (non-hydrogen) atoms. The lowest BCUT2D eigenvalue weighted by Crippen LogP contribution is -2.44. The van der Waals surface area contributed by atoms with Crippen LogP contribution in [0.15, 0.2) is 12.4 Å². The maximum absolute atomic E-state index is 11.9. The van der Waals surface area contributed by atoms with E-state index in [2.05, 4.69) is 15.3 Å². The zero-order valence-corrected chi connectivity index (χ0v) is 11.8. The van der Waals surface area contributed by atoms with E-state index in [0.29, 0.717) is 17.6 Å². The van der Waals surface area contributed by atoms with Gasteiger partial charge in [0, 0.05) is 25.0 Å². The van der Waals surface area contributed by atoms with Crippen LogP contribution in [-0.2, 0) is 4.79 Å². The molecule has 2 rings (SSSR count). The van der Waals surface area contributed by atoms with Crippen LogP contribution in [-0.4, -0.2) is 39.9 Å². The molecule has 0 atom stereocenters. The molecule has 1 fully saturated rings. The molecule has 2 heterocycles. The van der Waals surface area contributed by atoms with Gasteiger partial charge in [-0.25, -0.2) is 9.97 Å². The maximum atomic E-state index is 11.9. The Morgan fingerprint density at radius 1 is 1.40 bits per heavy atom. The van der Waals surface area contributed by atoms with E-state index in [1.54, 1.807) is 6.20 Å². The fourth-order valence-electron chi connectivity index (χ4n) is 2.28. The molecule has 0 saturated carbocycles. The van der Waals surface area contributed by atoms with Gasteiger partial charge in [-0.3, -0.25) is 4.79 Å². The van der Waals surface area contributed by atoms with Gasteiger partial charge in [0.15, 0.2) is 5.69 Å². The first-order chi connectivity index (χ1) is 9.60. The van der Waals surface area contributed by atoms with Crippen LogP contribution in [0.1, 0.15) is 32.4 Å². The minimum Gasteiger partial charge on any atom is -0.366 e. The molecule has 1 saturated heterocycles. The average Bonchev–Trinajstić information content (AvgIpc) is 2.48. The third kappa shape index (κ3) is 3.44. The van der Waals surface area contributed by atoms with E-state index in [-0.39, 0.29) is 11.8 Å². The third-order valence-corrected chi connectivity index (χ3v) is 3.42. The van der Waals surface area contributed by atoms with E-state index >= 15 is 0 Å². The molecule has 1 aliphatic heterocycles. The van der Waals surface area contributed by atoms with Crippen LogP contribution >= 0.6 is 0 Å². The van der Waals surface area contributed by atoms with Crippen LogP contribution in [0.2, 0.25) is 0 Å². The molecular weight excluding hydrogens is 254 g/mol. The topological polar surface area (TPSA) is 81.9 Å². The summed E-state index contributed by atoms with van der Waals surface area (Å²) in [4.78, 5) is 21.9. The van der Waals surface area contributed by atoms with E-state index in [9.17, 15) is 4.79 Å². The standard InChI is InChI=1S/C14H19N5O/c1-10(2)14(20)19-5-3-11(4-6-19)18-13-9-16-12(7-15)8-17-13/h8-11H,3-6H2,1-2H3,(H,17,18).